The van der Waals surface area contributed by atoms with Gasteiger partial charge in [0.2, 0.25) is 0 Å². The highest BCUT2D eigenvalue weighted by atomic mass is 16.5. The Morgan fingerprint density at radius 2 is 1.77 bits per heavy atom. The number of ether oxygens (including phenoxy) is 2. The molecular weight excluding hydrogens is 378 g/mol. The molecule has 2 aromatic carbocycles. The van der Waals surface area contributed by atoms with Crippen LogP contribution in [0.5, 0.6) is 11.5 Å². The van der Waals surface area contributed by atoms with Crippen LogP contribution in [0.4, 0.5) is 5.69 Å². The molecule has 1 unspecified atom stereocenters. The van der Waals surface area contributed by atoms with Gasteiger partial charge in [0.15, 0.2) is 6.10 Å². The fourth-order valence-corrected chi connectivity index (χ4v) is 3.25. The Hall–Kier alpha value is -3.80. The van der Waals surface area contributed by atoms with Crippen molar-refractivity contribution in [2.45, 2.75) is 20.0 Å². The molecule has 4 aromatic rings. The summed E-state index contributed by atoms with van der Waals surface area (Å²) in [7, 11) is 1.60. The number of nitrogens with one attached hydrogen (secondary N) is 1. The van der Waals surface area contributed by atoms with Crippen molar-refractivity contribution >= 4 is 17.2 Å². The molecule has 0 spiro atoms. The average molecular weight is 401 g/mol. The van der Waals surface area contributed by atoms with Gasteiger partial charge in [0.05, 0.1) is 18.5 Å². The fourth-order valence-electron chi connectivity index (χ4n) is 3.25. The third kappa shape index (κ3) is 3.98. The lowest BCUT2D eigenvalue weighted by molar-refractivity contribution is -0.122. The van der Waals surface area contributed by atoms with E-state index in [1.807, 2.05) is 60.1 Å². The van der Waals surface area contributed by atoms with E-state index in [1.165, 1.54) is 0 Å². The van der Waals surface area contributed by atoms with Crippen molar-refractivity contribution < 1.29 is 14.3 Å². The van der Waals surface area contributed by atoms with Crippen LogP contribution in [-0.4, -0.2) is 28.5 Å². The van der Waals surface area contributed by atoms with Crippen molar-refractivity contribution in [1.82, 2.24) is 9.38 Å². The zero-order chi connectivity index (χ0) is 21.1. The van der Waals surface area contributed by atoms with Gasteiger partial charge in [0.25, 0.3) is 5.91 Å². The number of carbonyl (C=O) groups excluding carboxylic acids is 1. The zero-order valence-electron chi connectivity index (χ0n) is 17.1. The van der Waals surface area contributed by atoms with Crippen LogP contribution in [0.15, 0.2) is 73.1 Å². The number of aromatic nitrogens is 2. The summed E-state index contributed by atoms with van der Waals surface area (Å²) in [4.78, 5) is 17.5. The maximum Gasteiger partial charge on any atom is 0.265 e. The van der Waals surface area contributed by atoms with E-state index in [2.05, 4.69) is 5.32 Å². The number of carbonyl (C=O) groups is 1. The standard InChI is InChI=1S/C24H23N3O3/c1-16-7-6-14-27-15-22(25-23(16)27)20-8-4-5-9-21(20)26-24(28)17(2)30-19-12-10-18(29-3)11-13-19/h4-15,17H,1-3H3,(H,26,28). The van der Waals surface area contributed by atoms with Gasteiger partial charge in [-0.2, -0.15) is 0 Å². The number of methoxy groups -OCH3 is 1. The third-order valence-corrected chi connectivity index (χ3v) is 4.88. The predicted octanol–water partition coefficient (Wildman–Crippen LogP) is 4.72. The van der Waals surface area contributed by atoms with Crippen molar-refractivity contribution in [2.24, 2.45) is 0 Å². The molecule has 6 heteroatoms. The Balaban J connectivity index is 1.54. The van der Waals surface area contributed by atoms with Crippen molar-refractivity contribution in [3.63, 3.8) is 0 Å². The molecule has 0 saturated heterocycles. The van der Waals surface area contributed by atoms with Gasteiger partial charge in [-0.1, -0.05) is 24.3 Å². The molecule has 1 N–H and O–H groups in total. The van der Waals surface area contributed by atoms with Crippen LogP contribution in [0.1, 0.15) is 12.5 Å². The first-order chi connectivity index (χ1) is 14.5. The molecular formula is C24H23N3O3. The number of benzene rings is 2. The normalized spacial score (nSPS) is 11.8. The number of aryl methyl sites for hydroxylation is 1. The van der Waals surface area contributed by atoms with Crippen LogP contribution in [-0.2, 0) is 4.79 Å². The topological polar surface area (TPSA) is 64.9 Å². The number of imidazole rings is 1. The SMILES string of the molecule is COc1ccc(OC(C)C(=O)Nc2ccccc2-c2cn3cccc(C)c3n2)cc1. The van der Waals surface area contributed by atoms with Gasteiger partial charge in [-0.05, 0) is 55.8 Å². The van der Waals surface area contributed by atoms with E-state index >= 15 is 0 Å². The lowest BCUT2D eigenvalue weighted by atomic mass is 10.1. The van der Waals surface area contributed by atoms with Crippen molar-refractivity contribution in [3.8, 4) is 22.8 Å². The van der Waals surface area contributed by atoms with Crippen LogP contribution in [0.2, 0.25) is 0 Å². The van der Waals surface area contributed by atoms with Crippen molar-refractivity contribution in [3.05, 3.63) is 78.6 Å². The van der Waals surface area contributed by atoms with E-state index < -0.39 is 6.10 Å². The van der Waals surface area contributed by atoms with E-state index in [0.717, 1.165) is 28.2 Å². The van der Waals surface area contributed by atoms with Crippen molar-refractivity contribution in [1.29, 1.82) is 0 Å². The lowest BCUT2D eigenvalue weighted by Crippen LogP contribution is -2.30. The minimum Gasteiger partial charge on any atom is -0.497 e. The van der Waals surface area contributed by atoms with E-state index in [-0.39, 0.29) is 5.91 Å². The van der Waals surface area contributed by atoms with E-state index in [1.54, 1.807) is 38.3 Å². The number of nitrogens with zero attached hydrogens (tertiary/aromatic N) is 2. The van der Waals surface area contributed by atoms with Gasteiger partial charge in [-0.25, -0.2) is 4.98 Å². The predicted molar refractivity (Wildman–Crippen MR) is 117 cm³/mol. The summed E-state index contributed by atoms with van der Waals surface area (Å²) in [5.74, 6) is 1.09. The molecule has 4 rings (SSSR count). The fraction of sp³-hybridized carbons (Fsp3) is 0.167. The number of hydrogen-bond donors (Lipinski definition) is 1. The first-order valence-corrected chi connectivity index (χ1v) is 9.70. The number of anilines is 1. The molecule has 0 aliphatic rings. The summed E-state index contributed by atoms with van der Waals surface area (Å²) < 4.78 is 12.9. The second kappa shape index (κ2) is 8.29. The second-order valence-corrected chi connectivity index (χ2v) is 7.02. The number of rotatable bonds is 6. The van der Waals surface area contributed by atoms with Crippen LogP contribution in [0.3, 0.4) is 0 Å². The Bertz CT molecular complexity index is 1180. The molecule has 1 atom stereocenters. The van der Waals surface area contributed by atoms with E-state index in [9.17, 15) is 4.79 Å². The summed E-state index contributed by atoms with van der Waals surface area (Å²) in [5.41, 5.74) is 4.32. The number of pyridine rings is 1. The molecule has 2 heterocycles. The quantitative estimate of drug-likeness (QED) is 0.508. The van der Waals surface area contributed by atoms with Crippen LogP contribution >= 0.6 is 0 Å². The molecule has 0 saturated carbocycles. The molecule has 30 heavy (non-hydrogen) atoms. The van der Waals surface area contributed by atoms with Gasteiger partial charge in [-0.3, -0.25) is 4.79 Å². The minimum atomic E-state index is -0.672. The number of amides is 1. The minimum absolute atomic E-state index is 0.238. The monoisotopic (exact) mass is 401 g/mol. The maximum atomic E-state index is 12.8. The molecule has 0 fully saturated rings. The van der Waals surface area contributed by atoms with Gasteiger partial charge in [0, 0.05) is 18.0 Å². The van der Waals surface area contributed by atoms with Gasteiger partial charge < -0.3 is 19.2 Å². The van der Waals surface area contributed by atoms with Crippen molar-refractivity contribution in [2.75, 3.05) is 12.4 Å². The third-order valence-electron chi connectivity index (χ3n) is 4.88. The van der Waals surface area contributed by atoms with Crippen LogP contribution in [0, 0.1) is 6.92 Å². The largest absolute Gasteiger partial charge is 0.497 e. The highest BCUT2D eigenvalue weighted by Gasteiger charge is 2.18. The molecule has 0 radical (unpaired) electrons. The number of fused-ring (bicyclic) bond motifs is 1. The molecule has 0 aliphatic heterocycles. The highest BCUT2D eigenvalue weighted by Crippen LogP contribution is 2.28. The lowest BCUT2D eigenvalue weighted by Gasteiger charge is -2.16. The van der Waals surface area contributed by atoms with Gasteiger partial charge in [-0.15, -0.1) is 0 Å². The Morgan fingerprint density at radius 1 is 1.03 bits per heavy atom. The summed E-state index contributed by atoms with van der Waals surface area (Å²) in [5, 5.41) is 2.97. The molecule has 0 aliphatic carbocycles. The molecule has 1 amide bonds. The zero-order valence-corrected chi connectivity index (χ0v) is 17.1. The summed E-state index contributed by atoms with van der Waals surface area (Å²) in [6, 6.07) is 18.8. The molecule has 0 bridgehead atoms. The van der Waals surface area contributed by atoms with Gasteiger partial charge in [0.1, 0.15) is 17.1 Å². The molecule has 152 valence electrons. The molecule has 2 aromatic heterocycles. The first kappa shape index (κ1) is 19.5. The maximum absolute atomic E-state index is 12.8. The van der Waals surface area contributed by atoms with E-state index in [4.69, 9.17) is 14.5 Å². The second-order valence-electron chi connectivity index (χ2n) is 7.02. The smallest absolute Gasteiger partial charge is 0.265 e. The van der Waals surface area contributed by atoms with E-state index in [0.29, 0.717) is 11.4 Å². The first-order valence-electron chi connectivity index (χ1n) is 9.70. The number of hydrogen-bond acceptors (Lipinski definition) is 4. The number of para-hydroxylation sites is 1. The summed E-state index contributed by atoms with van der Waals surface area (Å²) in [6.45, 7) is 3.74. The Kier molecular flexibility index (Phi) is 5.39. The van der Waals surface area contributed by atoms with Crippen LogP contribution < -0.4 is 14.8 Å². The highest BCUT2D eigenvalue weighted by molar-refractivity contribution is 5.97. The Morgan fingerprint density at radius 3 is 2.50 bits per heavy atom. The Labute approximate surface area is 175 Å². The van der Waals surface area contributed by atoms with Gasteiger partial charge >= 0.3 is 0 Å². The summed E-state index contributed by atoms with van der Waals surface area (Å²) in [6.07, 6.45) is 3.25. The average Bonchev–Trinajstić information content (AvgIpc) is 3.20. The van der Waals surface area contributed by atoms with Crippen LogP contribution in [0.25, 0.3) is 16.9 Å². The molecule has 6 nitrogen and oxygen atoms in total. The summed E-state index contributed by atoms with van der Waals surface area (Å²) >= 11 is 0.